The van der Waals surface area contributed by atoms with Crippen molar-refractivity contribution >= 4 is 5.97 Å². The van der Waals surface area contributed by atoms with E-state index in [9.17, 15) is 4.79 Å². The fourth-order valence-electron chi connectivity index (χ4n) is 1.52. The molecule has 0 heterocycles. The van der Waals surface area contributed by atoms with Crippen LogP contribution >= 0.6 is 0 Å². The number of nitrogens with one attached hydrogen (secondary N) is 1. The summed E-state index contributed by atoms with van der Waals surface area (Å²) >= 11 is 0. The van der Waals surface area contributed by atoms with Crippen LogP contribution in [0.2, 0.25) is 0 Å². The monoisotopic (exact) mass is 231 g/mol. The van der Waals surface area contributed by atoms with E-state index in [4.69, 9.17) is 9.84 Å². The minimum atomic E-state index is -0.817. The lowest BCUT2D eigenvalue weighted by Gasteiger charge is -2.25. The minimum Gasteiger partial charge on any atom is -0.480 e. The summed E-state index contributed by atoms with van der Waals surface area (Å²) < 4.78 is 5.37. The summed E-state index contributed by atoms with van der Waals surface area (Å²) in [6, 6.07) is 0. The molecule has 16 heavy (non-hydrogen) atoms. The lowest BCUT2D eigenvalue weighted by Crippen LogP contribution is -2.50. The van der Waals surface area contributed by atoms with Gasteiger partial charge in [-0.15, -0.1) is 0 Å². The van der Waals surface area contributed by atoms with Gasteiger partial charge in [0.05, 0.1) is 6.61 Å². The van der Waals surface area contributed by atoms with Gasteiger partial charge in [0, 0.05) is 13.2 Å². The molecule has 4 heteroatoms. The normalized spacial score (nSPS) is 14.7. The smallest absolute Gasteiger partial charge is 0.323 e. The van der Waals surface area contributed by atoms with Gasteiger partial charge in [-0.25, -0.2) is 0 Å². The summed E-state index contributed by atoms with van der Waals surface area (Å²) in [6.07, 6.45) is 3.67. The Kier molecular flexibility index (Phi) is 8.21. The van der Waals surface area contributed by atoms with Crippen LogP contribution in [0.5, 0.6) is 0 Å². The van der Waals surface area contributed by atoms with E-state index in [0.29, 0.717) is 19.6 Å². The van der Waals surface area contributed by atoms with Gasteiger partial charge in [-0.1, -0.05) is 26.7 Å². The third-order valence-corrected chi connectivity index (χ3v) is 2.63. The van der Waals surface area contributed by atoms with Gasteiger partial charge < -0.3 is 9.84 Å². The Morgan fingerprint density at radius 1 is 1.31 bits per heavy atom. The highest BCUT2D eigenvalue weighted by Gasteiger charge is 2.30. The number of carboxylic acids is 1. The molecule has 0 aliphatic rings. The summed E-state index contributed by atoms with van der Waals surface area (Å²) in [6.45, 7) is 7.75. The standard InChI is InChI=1S/C12H25NO3/c1-4-6-9-16-10-8-13-12(3,7-5-2)11(14)15/h13H,4-10H2,1-3H3,(H,14,15). The molecule has 0 aromatic carbocycles. The molecule has 0 fully saturated rings. The Labute approximate surface area is 98.4 Å². The number of unbranched alkanes of at least 4 members (excludes halogenated alkanes) is 1. The molecule has 0 saturated carbocycles. The number of aliphatic carboxylic acids is 1. The zero-order valence-corrected chi connectivity index (χ0v) is 10.7. The van der Waals surface area contributed by atoms with Crippen molar-refractivity contribution in [1.29, 1.82) is 0 Å². The predicted octanol–water partition coefficient (Wildman–Crippen LogP) is 2.04. The maximum atomic E-state index is 11.1. The van der Waals surface area contributed by atoms with E-state index in [2.05, 4.69) is 12.2 Å². The van der Waals surface area contributed by atoms with E-state index in [1.165, 1.54) is 0 Å². The van der Waals surface area contributed by atoms with Gasteiger partial charge in [0.15, 0.2) is 0 Å². The summed E-state index contributed by atoms with van der Waals surface area (Å²) in [5.41, 5.74) is -0.817. The predicted molar refractivity (Wildman–Crippen MR) is 64.7 cm³/mol. The summed E-state index contributed by atoms with van der Waals surface area (Å²) in [4.78, 5) is 11.1. The van der Waals surface area contributed by atoms with Crippen LogP contribution in [0.15, 0.2) is 0 Å². The maximum absolute atomic E-state index is 11.1. The Morgan fingerprint density at radius 3 is 2.50 bits per heavy atom. The van der Waals surface area contributed by atoms with Crippen molar-refractivity contribution in [3.05, 3.63) is 0 Å². The number of carboxylic acid groups (broad SMARTS) is 1. The third kappa shape index (κ3) is 6.08. The number of rotatable bonds is 10. The molecule has 4 nitrogen and oxygen atoms in total. The number of hydrogen-bond acceptors (Lipinski definition) is 3. The van der Waals surface area contributed by atoms with Crippen molar-refractivity contribution in [2.24, 2.45) is 0 Å². The lowest BCUT2D eigenvalue weighted by atomic mass is 9.96. The highest BCUT2D eigenvalue weighted by atomic mass is 16.5. The molecule has 96 valence electrons. The van der Waals surface area contributed by atoms with Crippen LogP contribution in [-0.4, -0.2) is 36.4 Å². The lowest BCUT2D eigenvalue weighted by molar-refractivity contribution is -0.144. The Balaban J connectivity index is 3.73. The average Bonchev–Trinajstić information content (AvgIpc) is 2.23. The molecular formula is C12H25NO3. The highest BCUT2D eigenvalue weighted by molar-refractivity contribution is 5.78. The van der Waals surface area contributed by atoms with Gasteiger partial charge in [-0.2, -0.15) is 0 Å². The molecule has 0 radical (unpaired) electrons. The Bertz CT molecular complexity index is 197. The van der Waals surface area contributed by atoms with E-state index in [0.717, 1.165) is 25.9 Å². The van der Waals surface area contributed by atoms with Crippen molar-refractivity contribution < 1.29 is 14.6 Å². The quantitative estimate of drug-likeness (QED) is 0.565. The number of carbonyl (C=O) groups is 1. The summed E-state index contributed by atoms with van der Waals surface area (Å²) in [5.74, 6) is -0.789. The van der Waals surface area contributed by atoms with Crippen LogP contribution < -0.4 is 5.32 Å². The second-order valence-electron chi connectivity index (χ2n) is 4.28. The van der Waals surface area contributed by atoms with Gasteiger partial charge >= 0.3 is 5.97 Å². The molecular weight excluding hydrogens is 206 g/mol. The van der Waals surface area contributed by atoms with Crippen molar-refractivity contribution in [3.63, 3.8) is 0 Å². The van der Waals surface area contributed by atoms with Crippen LogP contribution in [0.25, 0.3) is 0 Å². The maximum Gasteiger partial charge on any atom is 0.323 e. The molecule has 0 bridgehead atoms. The molecule has 2 N–H and O–H groups in total. The zero-order chi connectivity index (χ0) is 12.4. The molecule has 0 aliphatic carbocycles. The van der Waals surface area contributed by atoms with Crippen molar-refractivity contribution in [3.8, 4) is 0 Å². The molecule has 0 amide bonds. The van der Waals surface area contributed by atoms with E-state index in [-0.39, 0.29) is 0 Å². The van der Waals surface area contributed by atoms with Crippen LogP contribution in [0, 0.1) is 0 Å². The van der Waals surface area contributed by atoms with Gasteiger partial charge in [0.25, 0.3) is 0 Å². The molecule has 0 aliphatic heterocycles. The zero-order valence-electron chi connectivity index (χ0n) is 10.7. The highest BCUT2D eigenvalue weighted by Crippen LogP contribution is 2.11. The van der Waals surface area contributed by atoms with Gasteiger partial charge in [-0.3, -0.25) is 10.1 Å². The van der Waals surface area contributed by atoms with E-state index in [1.807, 2.05) is 6.92 Å². The molecule has 0 aromatic rings. The molecule has 0 aromatic heterocycles. The van der Waals surface area contributed by atoms with Gasteiger partial charge in [0.1, 0.15) is 5.54 Å². The molecule has 0 saturated heterocycles. The van der Waals surface area contributed by atoms with Gasteiger partial charge in [0.2, 0.25) is 0 Å². The first-order valence-electron chi connectivity index (χ1n) is 6.13. The summed E-state index contributed by atoms with van der Waals surface area (Å²) in [5, 5.41) is 12.1. The third-order valence-electron chi connectivity index (χ3n) is 2.63. The molecule has 0 spiro atoms. The second-order valence-corrected chi connectivity index (χ2v) is 4.28. The van der Waals surface area contributed by atoms with E-state index < -0.39 is 11.5 Å². The molecule has 1 unspecified atom stereocenters. The van der Waals surface area contributed by atoms with Crippen LogP contribution in [-0.2, 0) is 9.53 Å². The van der Waals surface area contributed by atoms with E-state index in [1.54, 1.807) is 6.92 Å². The largest absolute Gasteiger partial charge is 0.480 e. The van der Waals surface area contributed by atoms with Crippen molar-refractivity contribution in [1.82, 2.24) is 5.32 Å². The van der Waals surface area contributed by atoms with E-state index >= 15 is 0 Å². The first-order valence-corrected chi connectivity index (χ1v) is 6.13. The SMILES string of the molecule is CCCCOCCNC(C)(CCC)C(=O)O. The number of ether oxygens (including phenoxy) is 1. The summed E-state index contributed by atoms with van der Waals surface area (Å²) in [7, 11) is 0. The average molecular weight is 231 g/mol. The Morgan fingerprint density at radius 2 is 2.00 bits per heavy atom. The minimum absolute atomic E-state index is 0.576. The topological polar surface area (TPSA) is 58.6 Å². The molecule has 0 rings (SSSR count). The van der Waals surface area contributed by atoms with Crippen LogP contribution in [0.1, 0.15) is 46.5 Å². The van der Waals surface area contributed by atoms with Crippen molar-refractivity contribution in [2.75, 3.05) is 19.8 Å². The van der Waals surface area contributed by atoms with Crippen LogP contribution in [0.4, 0.5) is 0 Å². The Hall–Kier alpha value is -0.610. The van der Waals surface area contributed by atoms with Crippen molar-refractivity contribution in [2.45, 2.75) is 52.0 Å². The first-order chi connectivity index (χ1) is 7.56. The number of hydrogen-bond donors (Lipinski definition) is 2. The molecule has 1 atom stereocenters. The van der Waals surface area contributed by atoms with Crippen LogP contribution in [0.3, 0.4) is 0 Å². The second kappa shape index (κ2) is 8.53. The first kappa shape index (κ1) is 15.4. The fraction of sp³-hybridized carbons (Fsp3) is 0.917. The van der Waals surface area contributed by atoms with Gasteiger partial charge in [-0.05, 0) is 19.8 Å². The fourth-order valence-corrected chi connectivity index (χ4v) is 1.52.